The molecule has 0 aliphatic carbocycles. The van der Waals surface area contributed by atoms with Gasteiger partial charge in [-0.1, -0.05) is 13.5 Å². The minimum atomic E-state index is -1.21. The summed E-state index contributed by atoms with van der Waals surface area (Å²) >= 11 is 0. The summed E-state index contributed by atoms with van der Waals surface area (Å²) in [6.45, 7) is 4.74. The van der Waals surface area contributed by atoms with E-state index >= 15 is 0 Å². The Morgan fingerprint density at radius 2 is 2.10 bits per heavy atom. The first-order valence-corrected chi connectivity index (χ1v) is 2.80. The molecule has 0 bridgehead atoms. The summed E-state index contributed by atoms with van der Waals surface area (Å²) in [6, 6.07) is 0. The van der Waals surface area contributed by atoms with Gasteiger partial charge in [-0.3, -0.25) is 4.79 Å². The van der Waals surface area contributed by atoms with Crippen LogP contribution < -0.4 is 5.32 Å². The van der Waals surface area contributed by atoms with Gasteiger partial charge in [-0.05, 0) is 0 Å². The average molecular weight is 143 g/mol. The van der Waals surface area contributed by atoms with E-state index < -0.39 is 5.97 Å². The van der Waals surface area contributed by atoms with Crippen LogP contribution in [0.2, 0.25) is 0 Å². The minimum absolute atomic E-state index is 0.256. The lowest BCUT2D eigenvalue weighted by atomic mass is 10.4. The SMILES string of the molecule is C=C(NC(=O)CC)C(=O)O. The molecule has 0 saturated heterocycles. The molecule has 4 heteroatoms. The van der Waals surface area contributed by atoms with Crippen LogP contribution in [0.1, 0.15) is 13.3 Å². The highest BCUT2D eigenvalue weighted by atomic mass is 16.4. The van der Waals surface area contributed by atoms with Crippen molar-refractivity contribution in [3.05, 3.63) is 12.3 Å². The summed E-state index contributed by atoms with van der Waals surface area (Å²) in [5.41, 5.74) is -0.285. The Balaban J connectivity index is 3.80. The highest BCUT2D eigenvalue weighted by Crippen LogP contribution is 1.84. The molecule has 10 heavy (non-hydrogen) atoms. The van der Waals surface area contributed by atoms with Crippen molar-refractivity contribution >= 4 is 11.9 Å². The molecule has 1 amide bonds. The summed E-state index contributed by atoms with van der Waals surface area (Å²) in [6.07, 6.45) is 0.256. The third kappa shape index (κ3) is 2.86. The molecular formula is C6H9NO3. The summed E-state index contributed by atoms with van der Waals surface area (Å²) in [4.78, 5) is 20.5. The number of hydrogen-bond donors (Lipinski definition) is 2. The van der Waals surface area contributed by atoms with Gasteiger partial charge in [0.1, 0.15) is 5.70 Å². The van der Waals surface area contributed by atoms with E-state index in [9.17, 15) is 9.59 Å². The van der Waals surface area contributed by atoms with Crippen molar-refractivity contribution < 1.29 is 14.7 Å². The fourth-order valence-corrected chi connectivity index (χ4v) is 0.310. The van der Waals surface area contributed by atoms with Gasteiger partial charge in [0.25, 0.3) is 0 Å². The molecule has 0 aliphatic rings. The molecule has 0 spiro atoms. The van der Waals surface area contributed by atoms with Crippen molar-refractivity contribution in [1.29, 1.82) is 0 Å². The van der Waals surface area contributed by atoms with Gasteiger partial charge < -0.3 is 10.4 Å². The number of carbonyl (C=O) groups is 2. The van der Waals surface area contributed by atoms with Crippen LogP contribution in [0.4, 0.5) is 0 Å². The second kappa shape index (κ2) is 3.66. The third-order valence-electron chi connectivity index (χ3n) is 0.870. The molecule has 2 N–H and O–H groups in total. The number of nitrogens with one attached hydrogen (secondary N) is 1. The topological polar surface area (TPSA) is 66.4 Å². The van der Waals surface area contributed by atoms with Crippen LogP contribution in [0.15, 0.2) is 12.3 Å². The van der Waals surface area contributed by atoms with Crippen molar-refractivity contribution in [2.45, 2.75) is 13.3 Å². The van der Waals surface area contributed by atoms with Gasteiger partial charge in [-0.2, -0.15) is 0 Å². The van der Waals surface area contributed by atoms with Crippen LogP contribution in [-0.2, 0) is 9.59 Å². The van der Waals surface area contributed by atoms with Crippen LogP contribution >= 0.6 is 0 Å². The first kappa shape index (κ1) is 8.68. The molecule has 4 nitrogen and oxygen atoms in total. The van der Waals surface area contributed by atoms with Crippen molar-refractivity contribution in [3.8, 4) is 0 Å². The Kier molecular flexibility index (Phi) is 3.17. The zero-order valence-electron chi connectivity index (χ0n) is 5.68. The second-order valence-corrected chi connectivity index (χ2v) is 1.69. The summed E-state index contributed by atoms with van der Waals surface area (Å²) in [5.74, 6) is -1.55. The Labute approximate surface area is 58.5 Å². The maximum atomic E-state index is 10.5. The van der Waals surface area contributed by atoms with Gasteiger partial charge in [-0.15, -0.1) is 0 Å². The van der Waals surface area contributed by atoms with Crippen molar-refractivity contribution in [3.63, 3.8) is 0 Å². The van der Waals surface area contributed by atoms with Crippen LogP contribution in [0.25, 0.3) is 0 Å². The van der Waals surface area contributed by atoms with Gasteiger partial charge in [0.15, 0.2) is 0 Å². The fourth-order valence-electron chi connectivity index (χ4n) is 0.310. The Hall–Kier alpha value is -1.32. The van der Waals surface area contributed by atoms with Gasteiger partial charge in [-0.25, -0.2) is 4.79 Å². The Morgan fingerprint density at radius 1 is 1.60 bits per heavy atom. The zero-order valence-corrected chi connectivity index (χ0v) is 5.68. The molecule has 0 aliphatic heterocycles. The van der Waals surface area contributed by atoms with E-state index in [1.165, 1.54) is 0 Å². The van der Waals surface area contributed by atoms with Gasteiger partial charge in [0.2, 0.25) is 5.91 Å². The van der Waals surface area contributed by atoms with E-state index in [1.807, 2.05) is 0 Å². The molecular weight excluding hydrogens is 134 g/mol. The standard InChI is InChI=1S/C6H9NO3/c1-3-5(8)7-4(2)6(9)10/h2-3H2,1H3,(H,7,8)(H,9,10). The zero-order chi connectivity index (χ0) is 8.15. The normalized spacial score (nSPS) is 8.50. The van der Waals surface area contributed by atoms with Crippen LogP contribution in [0.5, 0.6) is 0 Å². The lowest BCUT2D eigenvalue weighted by Crippen LogP contribution is -2.25. The summed E-state index contributed by atoms with van der Waals surface area (Å²) in [7, 11) is 0. The predicted molar refractivity (Wildman–Crippen MR) is 35.2 cm³/mol. The molecule has 0 saturated carbocycles. The van der Waals surface area contributed by atoms with Gasteiger partial charge in [0.05, 0.1) is 0 Å². The van der Waals surface area contributed by atoms with E-state index in [0.717, 1.165) is 0 Å². The molecule has 0 aromatic carbocycles. The fraction of sp³-hybridized carbons (Fsp3) is 0.333. The first-order valence-electron chi connectivity index (χ1n) is 2.80. The molecule has 0 unspecified atom stereocenters. The Morgan fingerprint density at radius 3 is 2.40 bits per heavy atom. The largest absolute Gasteiger partial charge is 0.477 e. The third-order valence-corrected chi connectivity index (χ3v) is 0.870. The summed E-state index contributed by atoms with van der Waals surface area (Å²) < 4.78 is 0. The predicted octanol–water partition coefficient (Wildman–Crippen LogP) is 0.111. The summed E-state index contributed by atoms with van der Waals surface area (Å²) in [5, 5.41) is 10.3. The Bertz CT molecular complexity index is 174. The second-order valence-electron chi connectivity index (χ2n) is 1.69. The molecule has 0 aromatic heterocycles. The number of carboxylic acids is 1. The minimum Gasteiger partial charge on any atom is -0.477 e. The molecule has 56 valence electrons. The maximum Gasteiger partial charge on any atom is 0.351 e. The van der Waals surface area contributed by atoms with Gasteiger partial charge in [0, 0.05) is 6.42 Å². The number of rotatable bonds is 3. The van der Waals surface area contributed by atoms with Crippen LogP contribution in [0.3, 0.4) is 0 Å². The van der Waals surface area contributed by atoms with Crippen LogP contribution in [-0.4, -0.2) is 17.0 Å². The van der Waals surface area contributed by atoms with Crippen molar-refractivity contribution in [2.75, 3.05) is 0 Å². The molecule has 0 fully saturated rings. The van der Waals surface area contributed by atoms with Crippen molar-refractivity contribution in [1.82, 2.24) is 5.32 Å². The quantitative estimate of drug-likeness (QED) is 0.551. The number of carboxylic acid groups (broad SMARTS) is 1. The number of amides is 1. The lowest BCUT2D eigenvalue weighted by Gasteiger charge is -1.99. The van der Waals surface area contributed by atoms with E-state index in [4.69, 9.17) is 5.11 Å². The monoisotopic (exact) mass is 143 g/mol. The molecule has 0 radical (unpaired) electrons. The molecule has 0 rings (SSSR count). The number of carbonyl (C=O) groups excluding carboxylic acids is 1. The maximum absolute atomic E-state index is 10.5. The van der Waals surface area contributed by atoms with Crippen LogP contribution in [0, 0.1) is 0 Å². The number of hydrogen-bond acceptors (Lipinski definition) is 2. The highest BCUT2D eigenvalue weighted by Gasteiger charge is 2.05. The van der Waals surface area contributed by atoms with Gasteiger partial charge >= 0.3 is 5.97 Å². The molecule has 0 heterocycles. The highest BCUT2D eigenvalue weighted by molar-refractivity contribution is 5.91. The lowest BCUT2D eigenvalue weighted by molar-refractivity contribution is -0.134. The smallest absolute Gasteiger partial charge is 0.351 e. The van der Waals surface area contributed by atoms with E-state index in [2.05, 4.69) is 11.9 Å². The number of aliphatic carboxylic acids is 1. The van der Waals surface area contributed by atoms with Crippen molar-refractivity contribution in [2.24, 2.45) is 0 Å². The first-order chi connectivity index (χ1) is 4.57. The van der Waals surface area contributed by atoms with E-state index in [1.54, 1.807) is 6.92 Å². The average Bonchev–Trinajstić information content (AvgIpc) is 1.87. The molecule has 0 atom stereocenters. The molecule has 0 aromatic rings. The van der Waals surface area contributed by atoms with E-state index in [-0.39, 0.29) is 18.0 Å². The van der Waals surface area contributed by atoms with E-state index in [0.29, 0.717) is 0 Å².